The second-order valence-corrected chi connectivity index (χ2v) is 6.18. The van der Waals surface area contributed by atoms with Gasteiger partial charge < -0.3 is 4.90 Å². The summed E-state index contributed by atoms with van der Waals surface area (Å²) in [4.78, 5) is 22.9. The van der Waals surface area contributed by atoms with E-state index < -0.39 is 0 Å². The Morgan fingerprint density at radius 3 is 3.10 bits per heavy atom. The number of hydrogen-bond donors (Lipinski definition) is 0. The van der Waals surface area contributed by atoms with E-state index in [1.54, 1.807) is 17.5 Å². The minimum Gasteiger partial charge on any atom is -0.337 e. The summed E-state index contributed by atoms with van der Waals surface area (Å²) in [5, 5.41) is 3.17. The Balaban J connectivity index is 1.65. The van der Waals surface area contributed by atoms with Crippen molar-refractivity contribution in [2.45, 2.75) is 19.8 Å². The first-order chi connectivity index (χ1) is 9.74. The zero-order valence-corrected chi connectivity index (χ0v) is 12.3. The lowest BCUT2D eigenvalue weighted by Gasteiger charge is -2.16. The molecule has 5 heteroatoms. The molecule has 0 bridgehead atoms. The molecule has 2 aromatic rings. The molecule has 3 heterocycles. The van der Waals surface area contributed by atoms with Gasteiger partial charge in [-0.1, -0.05) is 6.07 Å². The van der Waals surface area contributed by atoms with Gasteiger partial charge in [0, 0.05) is 37.3 Å². The van der Waals surface area contributed by atoms with Crippen molar-refractivity contribution in [3.8, 4) is 0 Å². The first-order valence-corrected chi connectivity index (χ1v) is 7.71. The van der Waals surface area contributed by atoms with Crippen molar-refractivity contribution in [1.29, 1.82) is 0 Å². The Bertz CT molecular complexity index is 597. The number of aryl methyl sites for hydroxylation is 1. The standard InChI is InChI=1S/C15H17N3OS/c1-11-3-2-5-17-14(11)15(19)18-7-4-12(10-18)9-13-16-6-8-20-13/h2-3,5-6,8,12H,4,7,9-10H2,1H3/t12-/m1/s1. The van der Waals surface area contributed by atoms with E-state index >= 15 is 0 Å². The molecule has 0 radical (unpaired) electrons. The molecule has 0 aliphatic carbocycles. The van der Waals surface area contributed by atoms with Crippen molar-refractivity contribution in [1.82, 2.24) is 14.9 Å². The summed E-state index contributed by atoms with van der Waals surface area (Å²) in [6.07, 6.45) is 5.55. The molecular formula is C15H17N3OS. The van der Waals surface area contributed by atoms with Crippen LogP contribution in [0.15, 0.2) is 29.9 Å². The molecule has 0 N–H and O–H groups in total. The number of rotatable bonds is 3. The molecule has 0 spiro atoms. The van der Waals surface area contributed by atoms with E-state index in [-0.39, 0.29) is 5.91 Å². The lowest BCUT2D eigenvalue weighted by Crippen LogP contribution is -2.30. The fourth-order valence-electron chi connectivity index (χ4n) is 2.64. The van der Waals surface area contributed by atoms with E-state index in [1.807, 2.05) is 35.5 Å². The number of likely N-dealkylation sites (tertiary alicyclic amines) is 1. The maximum absolute atomic E-state index is 12.5. The van der Waals surface area contributed by atoms with E-state index in [0.717, 1.165) is 31.5 Å². The smallest absolute Gasteiger partial charge is 0.272 e. The van der Waals surface area contributed by atoms with Crippen molar-refractivity contribution in [3.05, 3.63) is 46.2 Å². The van der Waals surface area contributed by atoms with Crippen LogP contribution < -0.4 is 0 Å². The molecule has 20 heavy (non-hydrogen) atoms. The van der Waals surface area contributed by atoms with Crippen LogP contribution in [0.1, 0.15) is 27.5 Å². The Morgan fingerprint density at radius 2 is 2.35 bits per heavy atom. The highest BCUT2D eigenvalue weighted by molar-refractivity contribution is 7.09. The predicted molar refractivity (Wildman–Crippen MR) is 78.8 cm³/mol. The molecule has 3 rings (SSSR count). The van der Waals surface area contributed by atoms with Crippen LogP contribution in [0.4, 0.5) is 0 Å². The summed E-state index contributed by atoms with van der Waals surface area (Å²) in [7, 11) is 0. The third-order valence-electron chi connectivity index (χ3n) is 3.73. The first-order valence-electron chi connectivity index (χ1n) is 6.83. The minimum absolute atomic E-state index is 0.0599. The van der Waals surface area contributed by atoms with Gasteiger partial charge in [0.1, 0.15) is 5.69 Å². The molecule has 1 amide bonds. The van der Waals surface area contributed by atoms with Crippen LogP contribution in [-0.2, 0) is 6.42 Å². The molecule has 0 unspecified atom stereocenters. The molecule has 1 atom stereocenters. The van der Waals surface area contributed by atoms with Gasteiger partial charge in [0.25, 0.3) is 5.91 Å². The van der Waals surface area contributed by atoms with Crippen LogP contribution in [0.25, 0.3) is 0 Å². The van der Waals surface area contributed by atoms with Crippen LogP contribution in [0, 0.1) is 12.8 Å². The molecule has 2 aromatic heterocycles. The Hall–Kier alpha value is -1.75. The number of thiazole rings is 1. The topological polar surface area (TPSA) is 46.1 Å². The second-order valence-electron chi connectivity index (χ2n) is 5.20. The summed E-state index contributed by atoms with van der Waals surface area (Å²) in [6.45, 7) is 3.57. The van der Waals surface area contributed by atoms with Crippen molar-refractivity contribution in [2.24, 2.45) is 5.92 Å². The fourth-order valence-corrected chi connectivity index (χ4v) is 3.38. The average molecular weight is 287 g/mol. The van der Waals surface area contributed by atoms with E-state index in [9.17, 15) is 4.79 Å². The molecule has 1 aliphatic rings. The normalized spacial score (nSPS) is 18.4. The molecule has 4 nitrogen and oxygen atoms in total. The third kappa shape index (κ3) is 2.72. The van der Waals surface area contributed by atoms with Gasteiger partial charge in [-0.05, 0) is 30.9 Å². The summed E-state index contributed by atoms with van der Waals surface area (Å²) >= 11 is 1.69. The minimum atomic E-state index is 0.0599. The maximum Gasteiger partial charge on any atom is 0.272 e. The molecule has 0 aromatic carbocycles. The quantitative estimate of drug-likeness (QED) is 0.871. The number of nitrogens with zero attached hydrogens (tertiary/aromatic N) is 3. The Kier molecular flexibility index (Phi) is 3.78. The van der Waals surface area contributed by atoms with Gasteiger partial charge in [0.05, 0.1) is 5.01 Å². The third-order valence-corrected chi connectivity index (χ3v) is 4.53. The van der Waals surface area contributed by atoms with Gasteiger partial charge in [-0.2, -0.15) is 0 Å². The Morgan fingerprint density at radius 1 is 1.45 bits per heavy atom. The van der Waals surface area contributed by atoms with Crippen molar-refractivity contribution >= 4 is 17.2 Å². The monoisotopic (exact) mass is 287 g/mol. The van der Waals surface area contributed by atoms with Crippen LogP contribution in [0.5, 0.6) is 0 Å². The number of hydrogen-bond acceptors (Lipinski definition) is 4. The zero-order valence-electron chi connectivity index (χ0n) is 11.5. The average Bonchev–Trinajstić information content (AvgIpc) is 3.11. The van der Waals surface area contributed by atoms with Crippen molar-refractivity contribution in [2.75, 3.05) is 13.1 Å². The van der Waals surface area contributed by atoms with Gasteiger partial charge in [0.2, 0.25) is 0 Å². The van der Waals surface area contributed by atoms with E-state index in [0.29, 0.717) is 11.6 Å². The van der Waals surface area contributed by atoms with Crippen LogP contribution in [0.2, 0.25) is 0 Å². The van der Waals surface area contributed by atoms with E-state index in [1.165, 1.54) is 5.01 Å². The summed E-state index contributed by atoms with van der Waals surface area (Å²) in [6, 6.07) is 3.80. The molecule has 1 aliphatic heterocycles. The molecule has 0 saturated carbocycles. The number of pyridine rings is 1. The zero-order chi connectivity index (χ0) is 13.9. The SMILES string of the molecule is Cc1cccnc1C(=O)N1CC[C@H](Cc2nccs2)C1. The van der Waals surface area contributed by atoms with Crippen LogP contribution in [-0.4, -0.2) is 33.9 Å². The highest BCUT2D eigenvalue weighted by Crippen LogP contribution is 2.23. The summed E-state index contributed by atoms with van der Waals surface area (Å²) < 4.78 is 0. The number of carbonyl (C=O) groups is 1. The van der Waals surface area contributed by atoms with Gasteiger partial charge in [-0.15, -0.1) is 11.3 Å². The van der Waals surface area contributed by atoms with E-state index in [4.69, 9.17) is 0 Å². The fraction of sp³-hybridized carbons (Fsp3) is 0.400. The summed E-state index contributed by atoms with van der Waals surface area (Å²) in [5.41, 5.74) is 1.53. The number of carbonyl (C=O) groups excluding carboxylic acids is 1. The molecule has 1 saturated heterocycles. The Labute approximate surface area is 122 Å². The van der Waals surface area contributed by atoms with Crippen LogP contribution in [0.3, 0.4) is 0 Å². The maximum atomic E-state index is 12.5. The lowest BCUT2D eigenvalue weighted by molar-refractivity contribution is 0.0780. The van der Waals surface area contributed by atoms with Crippen molar-refractivity contribution < 1.29 is 4.79 Å². The number of amides is 1. The molecule has 104 valence electrons. The van der Waals surface area contributed by atoms with Gasteiger partial charge >= 0.3 is 0 Å². The van der Waals surface area contributed by atoms with Crippen molar-refractivity contribution in [3.63, 3.8) is 0 Å². The van der Waals surface area contributed by atoms with Gasteiger partial charge in [0.15, 0.2) is 0 Å². The highest BCUT2D eigenvalue weighted by atomic mass is 32.1. The second kappa shape index (κ2) is 5.71. The van der Waals surface area contributed by atoms with Gasteiger partial charge in [-0.25, -0.2) is 4.98 Å². The first kappa shape index (κ1) is 13.2. The number of aromatic nitrogens is 2. The molecule has 1 fully saturated rings. The largest absolute Gasteiger partial charge is 0.337 e. The van der Waals surface area contributed by atoms with Gasteiger partial charge in [-0.3, -0.25) is 9.78 Å². The van der Waals surface area contributed by atoms with E-state index in [2.05, 4.69) is 9.97 Å². The predicted octanol–water partition coefficient (Wildman–Crippen LogP) is 2.55. The molecular weight excluding hydrogens is 270 g/mol. The highest BCUT2D eigenvalue weighted by Gasteiger charge is 2.28. The van der Waals surface area contributed by atoms with Crippen LogP contribution >= 0.6 is 11.3 Å². The lowest BCUT2D eigenvalue weighted by atomic mass is 10.1. The summed E-state index contributed by atoms with van der Waals surface area (Å²) in [5.74, 6) is 0.582.